The maximum absolute atomic E-state index is 13.0. The number of imide groups is 1. The van der Waals surface area contributed by atoms with Gasteiger partial charge in [-0.1, -0.05) is 0 Å². The molecule has 0 spiro atoms. The normalized spacial score (nSPS) is 23.1. The van der Waals surface area contributed by atoms with Crippen LogP contribution in [0.1, 0.15) is 48.9 Å². The van der Waals surface area contributed by atoms with Crippen molar-refractivity contribution in [2.45, 2.75) is 44.6 Å². The number of hydrogen-bond acceptors (Lipinski definition) is 6. The van der Waals surface area contributed by atoms with Crippen molar-refractivity contribution in [3.63, 3.8) is 0 Å². The first-order chi connectivity index (χ1) is 15.0. The van der Waals surface area contributed by atoms with Crippen molar-refractivity contribution < 1.29 is 23.9 Å². The van der Waals surface area contributed by atoms with Crippen molar-refractivity contribution in [3.8, 4) is 0 Å². The van der Waals surface area contributed by atoms with Crippen LogP contribution in [0.3, 0.4) is 0 Å². The molecule has 3 fully saturated rings. The largest absolute Gasteiger partial charge is 0.465 e. The van der Waals surface area contributed by atoms with Gasteiger partial charge < -0.3 is 9.64 Å². The van der Waals surface area contributed by atoms with Gasteiger partial charge in [0.1, 0.15) is 0 Å². The molecule has 8 nitrogen and oxygen atoms in total. The van der Waals surface area contributed by atoms with Crippen LogP contribution >= 0.6 is 0 Å². The van der Waals surface area contributed by atoms with Crippen LogP contribution in [0.5, 0.6) is 0 Å². The van der Waals surface area contributed by atoms with Crippen LogP contribution in [0.15, 0.2) is 24.3 Å². The summed E-state index contributed by atoms with van der Waals surface area (Å²) in [6.07, 6.45) is 4.80. The molecule has 1 atom stereocenters. The number of benzene rings is 1. The minimum Gasteiger partial charge on any atom is -0.465 e. The van der Waals surface area contributed by atoms with E-state index in [0.29, 0.717) is 23.6 Å². The molecule has 3 heterocycles. The fraction of sp³-hybridized carbons (Fsp3) is 0.565. The fourth-order valence-corrected chi connectivity index (χ4v) is 4.87. The van der Waals surface area contributed by atoms with Gasteiger partial charge in [0.15, 0.2) is 0 Å². The van der Waals surface area contributed by atoms with Gasteiger partial charge in [0.2, 0.25) is 11.8 Å². The Kier molecular flexibility index (Phi) is 6.36. The number of hydrogen-bond donors (Lipinski definition) is 0. The summed E-state index contributed by atoms with van der Waals surface area (Å²) in [6.45, 7) is 3.29. The van der Waals surface area contributed by atoms with E-state index in [1.165, 1.54) is 12.0 Å². The minimum atomic E-state index is -0.458. The zero-order valence-corrected chi connectivity index (χ0v) is 17.9. The quantitative estimate of drug-likeness (QED) is 0.509. The molecule has 0 unspecified atom stereocenters. The first-order valence-corrected chi connectivity index (χ1v) is 11.0. The van der Waals surface area contributed by atoms with Gasteiger partial charge in [-0.25, -0.2) is 9.69 Å². The number of likely N-dealkylation sites (tertiary alicyclic amines) is 2. The number of carbonyl (C=O) groups excluding carboxylic acids is 4. The van der Waals surface area contributed by atoms with E-state index in [4.69, 9.17) is 0 Å². The highest BCUT2D eigenvalue weighted by Gasteiger charge is 2.43. The Labute approximate surface area is 182 Å². The number of anilines is 1. The molecule has 3 aliphatic heterocycles. The fourth-order valence-electron chi connectivity index (χ4n) is 4.87. The number of rotatable bonds is 6. The van der Waals surface area contributed by atoms with Crippen LogP contribution in [0.4, 0.5) is 5.69 Å². The van der Waals surface area contributed by atoms with Crippen LogP contribution in [0.25, 0.3) is 0 Å². The van der Waals surface area contributed by atoms with Crippen molar-refractivity contribution >= 4 is 29.4 Å². The molecule has 0 N–H and O–H groups in total. The Morgan fingerprint density at radius 3 is 2.35 bits per heavy atom. The zero-order chi connectivity index (χ0) is 22.0. The third-order valence-corrected chi connectivity index (χ3v) is 6.74. The van der Waals surface area contributed by atoms with Crippen molar-refractivity contribution in [1.82, 2.24) is 9.80 Å². The van der Waals surface area contributed by atoms with Gasteiger partial charge in [-0.2, -0.15) is 0 Å². The molecule has 0 radical (unpaired) electrons. The van der Waals surface area contributed by atoms with Crippen molar-refractivity contribution in [3.05, 3.63) is 29.8 Å². The zero-order valence-electron chi connectivity index (χ0n) is 17.9. The monoisotopic (exact) mass is 427 g/mol. The second-order valence-corrected chi connectivity index (χ2v) is 8.58. The molecule has 3 aliphatic rings. The lowest BCUT2D eigenvalue weighted by Gasteiger charge is -2.35. The molecule has 4 rings (SSSR count). The van der Waals surface area contributed by atoms with Gasteiger partial charge in [0.25, 0.3) is 5.91 Å². The second-order valence-electron chi connectivity index (χ2n) is 8.58. The lowest BCUT2D eigenvalue weighted by atomic mass is 9.92. The Morgan fingerprint density at radius 2 is 1.74 bits per heavy atom. The lowest BCUT2D eigenvalue weighted by Crippen LogP contribution is -2.46. The van der Waals surface area contributed by atoms with E-state index in [-0.39, 0.29) is 24.1 Å². The van der Waals surface area contributed by atoms with Gasteiger partial charge in [-0.3, -0.25) is 19.3 Å². The van der Waals surface area contributed by atoms with Crippen LogP contribution in [0.2, 0.25) is 0 Å². The molecule has 31 heavy (non-hydrogen) atoms. The Morgan fingerprint density at radius 1 is 1.03 bits per heavy atom. The van der Waals surface area contributed by atoms with Gasteiger partial charge in [-0.15, -0.1) is 0 Å². The smallest absolute Gasteiger partial charge is 0.337 e. The Bertz CT molecular complexity index is 860. The van der Waals surface area contributed by atoms with E-state index in [1.807, 2.05) is 4.90 Å². The second kappa shape index (κ2) is 9.18. The average Bonchev–Trinajstić information content (AvgIpc) is 3.34. The van der Waals surface area contributed by atoms with E-state index in [0.717, 1.165) is 51.9 Å². The molecule has 0 bridgehead atoms. The lowest BCUT2D eigenvalue weighted by molar-refractivity contribution is -0.128. The summed E-state index contributed by atoms with van der Waals surface area (Å²) < 4.78 is 4.69. The minimum absolute atomic E-state index is 0.185. The predicted octanol–water partition coefficient (Wildman–Crippen LogP) is 1.83. The topological polar surface area (TPSA) is 87.2 Å². The number of piperidine rings is 1. The summed E-state index contributed by atoms with van der Waals surface area (Å²) in [5.74, 6) is -0.0427. The Balaban J connectivity index is 1.32. The highest BCUT2D eigenvalue weighted by atomic mass is 16.5. The molecule has 8 heteroatoms. The van der Waals surface area contributed by atoms with Crippen molar-refractivity contribution in [1.29, 1.82) is 0 Å². The SMILES string of the molecule is COC(=O)c1ccc(N2C(=O)C[C@H](N3CCC(CCN4CCCC4=O)CC3)C2=O)cc1. The number of ether oxygens (including phenoxy) is 1. The highest BCUT2D eigenvalue weighted by molar-refractivity contribution is 6.22. The summed E-state index contributed by atoms with van der Waals surface area (Å²) in [4.78, 5) is 54.3. The average molecular weight is 428 g/mol. The number of esters is 1. The van der Waals surface area contributed by atoms with Gasteiger partial charge in [-0.05, 0) is 69.0 Å². The molecule has 3 amide bonds. The predicted molar refractivity (Wildman–Crippen MR) is 113 cm³/mol. The molecular weight excluding hydrogens is 398 g/mol. The van der Waals surface area contributed by atoms with Crippen LogP contribution < -0.4 is 4.90 Å². The molecule has 166 valence electrons. The summed E-state index contributed by atoms with van der Waals surface area (Å²) in [7, 11) is 1.31. The third-order valence-electron chi connectivity index (χ3n) is 6.74. The first-order valence-electron chi connectivity index (χ1n) is 11.0. The summed E-state index contributed by atoms with van der Waals surface area (Å²) >= 11 is 0. The van der Waals surface area contributed by atoms with E-state index in [2.05, 4.69) is 9.64 Å². The van der Waals surface area contributed by atoms with Crippen molar-refractivity contribution in [2.24, 2.45) is 5.92 Å². The molecule has 3 saturated heterocycles. The third kappa shape index (κ3) is 4.49. The van der Waals surface area contributed by atoms with Gasteiger partial charge >= 0.3 is 5.97 Å². The highest BCUT2D eigenvalue weighted by Crippen LogP contribution is 2.30. The van der Waals surface area contributed by atoms with E-state index < -0.39 is 12.0 Å². The molecule has 0 aromatic heterocycles. The van der Waals surface area contributed by atoms with Crippen molar-refractivity contribution in [2.75, 3.05) is 38.2 Å². The molecule has 0 saturated carbocycles. The van der Waals surface area contributed by atoms with Gasteiger partial charge in [0, 0.05) is 19.5 Å². The van der Waals surface area contributed by atoms with E-state index in [1.54, 1.807) is 24.3 Å². The first kappa shape index (κ1) is 21.5. The van der Waals surface area contributed by atoms with Crippen LogP contribution in [-0.2, 0) is 19.1 Å². The summed E-state index contributed by atoms with van der Waals surface area (Å²) in [5.41, 5.74) is 0.856. The molecular formula is C23H29N3O5. The maximum Gasteiger partial charge on any atom is 0.337 e. The molecule has 1 aromatic carbocycles. The van der Waals surface area contributed by atoms with Gasteiger partial charge in [0.05, 0.1) is 30.8 Å². The number of amides is 3. The standard InChI is InChI=1S/C23H29N3O5/c1-31-23(30)17-4-6-18(7-5-17)26-21(28)15-19(22(26)29)24-12-8-16(9-13-24)10-14-25-11-2-3-20(25)27/h4-7,16,19H,2-3,8-15H2,1H3/t19-/m0/s1. The molecule has 0 aliphatic carbocycles. The van der Waals surface area contributed by atoms with E-state index in [9.17, 15) is 19.2 Å². The van der Waals surface area contributed by atoms with Crippen LogP contribution in [0, 0.1) is 5.92 Å². The molecule has 1 aromatic rings. The number of methoxy groups -OCH3 is 1. The van der Waals surface area contributed by atoms with E-state index >= 15 is 0 Å². The number of carbonyl (C=O) groups is 4. The summed E-state index contributed by atoms with van der Waals surface area (Å²) in [6, 6.07) is 5.91. The van der Waals surface area contributed by atoms with Crippen LogP contribution in [-0.4, -0.2) is 72.8 Å². The summed E-state index contributed by atoms with van der Waals surface area (Å²) in [5, 5.41) is 0. The Hall–Kier alpha value is -2.74. The number of nitrogens with zero attached hydrogens (tertiary/aromatic N) is 3. The maximum atomic E-state index is 13.0.